The molecule has 0 aliphatic rings. The summed E-state index contributed by atoms with van der Waals surface area (Å²) in [5.41, 5.74) is 0.795. The van der Waals surface area contributed by atoms with Crippen LogP contribution in [0.5, 0.6) is 11.5 Å². The molecule has 25 heavy (non-hydrogen) atoms. The van der Waals surface area contributed by atoms with Crippen molar-refractivity contribution in [2.75, 3.05) is 33.1 Å². The van der Waals surface area contributed by atoms with Gasteiger partial charge in [-0.15, -0.1) is 0 Å². The van der Waals surface area contributed by atoms with E-state index in [0.717, 1.165) is 6.07 Å². The molecule has 0 aromatic heterocycles. The van der Waals surface area contributed by atoms with Crippen molar-refractivity contribution >= 4 is 11.6 Å². The topological polar surface area (TPSA) is 50.8 Å². The number of likely N-dealkylation sites (N-methyl/N-ethyl adjacent to an activating group) is 1. The van der Waals surface area contributed by atoms with E-state index < -0.39 is 11.6 Å². The van der Waals surface area contributed by atoms with Gasteiger partial charge in [-0.2, -0.15) is 0 Å². The zero-order valence-corrected chi connectivity index (χ0v) is 14.3. The van der Waals surface area contributed by atoms with E-state index >= 15 is 0 Å². The van der Waals surface area contributed by atoms with Gasteiger partial charge < -0.3 is 14.8 Å². The van der Waals surface area contributed by atoms with Crippen molar-refractivity contribution in [2.45, 2.75) is 6.54 Å². The Bertz CT molecular complexity index is 753. The van der Waals surface area contributed by atoms with E-state index in [1.807, 2.05) is 0 Å². The molecule has 0 aliphatic carbocycles. The number of amides is 1. The fourth-order valence-electron chi connectivity index (χ4n) is 2.34. The second-order valence-corrected chi connectivity index (χ2v) is 5.52. The molecule has 1 N–H and O–H groups in total. The van der Waals surface area contributed by atoms with E-state index in [1.54, 1.807) is 30.1 Å². The first-order chi connectivity index (χ1) is 11.9. The smallest absolute Gasteiger partial charge is 0.238 e. The summed E-state index contributed by atoms with van der Waals surface area (Å²) >= 11 is 0. The Kier molecular flexibility index (Phi) is 6.30. The zero-order valence-electron chi connectivity index (χ0n) is 14.3. The number of benzene rings is 2. The summed E-state index contributed by atoms with van der Waals surface area (Å²) in [5.74, 6) is -0.482. The molecule has 7 heteroatoms. The van der Waals surface area contributed by atoms with Crippen LogP contribution in [0.15, 0.2) is 36.4 Å². The second kappa shape index (κ2) is 8.43. The molecule has 0 bridgehead atoms. The normalized spacial score (nSPS) is 10.6. The highest BCUT2D eigenvalue weighted by molar-refractivity contribution is 5.93. The van der Waals surface area contributed by atoms with Gasteiger partial charge in [0.05, 0.1) is 26.5 Å². The number of rotatable bonds is 7. The monoisotopic (exact) mass is 350 g/mol. The van der Waals surface area contributed by atoms with Gasteiger partial charge in [0.2, 0.25) is 5.91 Å². The average Bonchev–Trinajstić information content (AvgIpc) is 2.57. The summed E-state index contributed by atoms with van der Waals surface area (Å²) in [6.07, 6.45) is 0. The number of halogens is 2. The number of nitrogens with zero attached hydrogens (tertiary/aromatic N) is 1. The summed E-state index contributed by atoms with van der Waals surface area (Å²) in [5, 5.41) is 2.74. The Balaban J connectivity index is 1.99. The first-order valence-electron chi connectivity index (χ1n) is 7.57. The average molecular weight is 350 g/mol. The minimum absolute atomic E-state index is 0.0250. The molecule has 134 valence electrons. The van der Waals surface area contributed by atoms with Crippen molar-refractivity contribution in [1.29, 1.82) is 0 Å². The largest absolute Gasteiger partial charge is 0.497 e. The quantitative estimate of drug-likeness (QED) is 0.834. The molecule has 5 nitrogen and oxygen atoms in total. The summed E-state index contributed by atoms with van der Waals surface area (Å²) in [4.78, 5) is 13.8. The molecule has 2 aromatic rings. The number of methoxy groups -OCH3 is 2. The van der Waals surface area contributed by atoms with Crippen LogP contribution in [0.25, 0.3) is 0 Å². The van der Waals surface area contributed by atoms with Gasteiger partial charge in [0.25, 0.3) is 0 Å². The number of hydrogen-bond acceptors (Lipinski definition) is 4. The predicted molar refractivity (Wildman–Crippen MR) is 90.9 cm³/mol. The van der Waals surface area contributed by atoms with Crippen LogP contribution in [-0.2, 0) is 11.3 Å². The predicted octanol–water partition coefficient (Wildman–Crippen LogP) is 3.05. The number of carbonyl (C=O) groups excluding carboxylic acids is 1. The van der Waals surface area contributed by atoms with Gasteiger partial charge >= 0.3 is 0 Å². The Hall–Kier alpha value is -2.67. The van der Waals surface area contributed by atoms with Gasteiger partial charge in [0.1, 0.15) is 23.1 Å². The summed E-state index contributed by atoms with van der Waals surface area (Å²) in [7, 11) is 4.70. The fourth-order valence-corrected chi connectivity index (χ4v) is 2.34. The van der Waals surface area contributed by atoms with Crippen LogP contribution in [0, 0.1) is 11.6 Å². The Morgan fingerprint density at radius 3 is 2.52 bits per heavy atom. The SMILES string of the molecule is COc1ccc(OC)c(NC(=O)CN(C)Cc2ccc(F)cc2F)c1. The zero-order chi connectivity index (χ0) is 18.4. The van der Waals surface area contributed by atoms with Gasteiger partial charge in [-0.05, 0) is 25.2 Å². The number of ether oxygens (including phenoxy) is 2. The van der Waals surface area contributed by atoms with Gasteiger partial charge in [-0.1, -0.05) is 6.07 Å². The van der Waals surface area contributed by atoms with Crippen molar-refractivity contribution in [2.24, 2.45) is 0 Å². The van der Waals surface area contributed by atoms with Crippen LogP contribution < -0.4 is 14.8 Å². The molecule has 2 aromatic carbocycles. The van der Waals surface area contributed by atoms with Crippen molar-refractivity contribution in [3.8, 4) is 11.5 Å². The Labute approximate surface area is 145 Å². The maximum absolute atomic E-state index is 13.7. The first-order valence-corrected chi connectivity index (χ1v) is 7.57. The lowest BCUT2D eigenvalue weighted by atomic mass is 10.2. The molecule has 0 aliphatic heterocycles. The number of hydrogen-bond donors (Lipinski definition) is 1. The third-order valence-electron chi connectivity index (χ3n) is 3.55. The summed E-state index contributed by atoms with van der Waals surface area (Å²) in [6.45, 7) is 0.200. The third-order valence-corrected chi connectivity index (χ3v) is 3.55. The van der Waals surface area contributed by atoms with Crippen LogP contribution in [0.2, 0.25) is 0 Å². The highest BCUT2D eigenvalue weighted by Crippen LogP contribution is 2.28. The lowest BCUT2D eigenvalue weighted by Gasteiger charge is -2.18. The molecule has 0 fully saturated rings. The molecular weight excluding hydrogens is 330 g/mol. The minimum atomic E-state index is -0.637. The molecule has 0 saturated heterocycles. The van der Waals surface area contributed by atoms with E-state index in [1.165, 1.54) is 26.4 Å². The highest BCUT2D eigenvalue weighted by Gasteiger charge is 2.13. The van der Waals surface area contributed by atoms with Crippen LogP contribution in [-0.4, -0.2) is 38.6 Å². The number of anilines is 1. The Morgan fingerprint density at radius 1 is 1.12 bits per heavy atom. The van der Waals surface area contributed by atoms with E-state index in [2.05, 4.69) is 5.32 Å². The van der Waals surface area contributed by atoms with Crippen molar-refractivity contribution < 1.29 is 23.0 Å². The van der Waals surface area contributed by atoms with E-state index in [9.17, 15) is 13.6 Å². The molecule has 0 unspecified atom stereocenters. The lowest BCUT2D eigenvalue weighted by Crippen LogP contribution is -2.30. The van der Waals surface area contributed by atoms with Crippen molar-refractivity contribution in [1.82, 2.24) is 4.90 Å². The number of nitrogens with one attached hydrogen (secondary N) is 1. The maximum atomic E-state index is 13.7. The molecular formula is C18H20F2N2O3. The molecule has 0 heterocycles. The number of carbonyl (C=O) groups is 1. The molecule has 0 saturated carbocycles. The van der Waals surface area contributed by atoms with E-state index in [0.29, 0.717) is 22.7 Å². The molecule has 0 spiro atoms. The molecule has 0 radical (unpaired) electrons. The van der Waals surface area contributed by atoms with Crippen molar-refractivity contribution in [3.05, 3.63) is 53.6 Å². The van der Waals surface area contributed by atoms with Crippen LogP contribution >= 0.6 is 0 Å². The minimum Gasteiger partial charge on any atom is -0.497 e. The highest BCUT2D eigenvalue weighted by atomic mass is 19.1. The van der Waals surface area contributed by atoms with Crippen LogP contribution in [0.4, 0.5) is 14.5 Å². The van der Waals surface area contributed by atoms with E-state index in [-0.39, 0.29) is 19.0 Å². The van der Waals surface area contributed by atoms with Gasteiger partial charge in [0, 0.05) is 24.2 Å². The summed E-state index contributed by atoms with van der Waals surface area (Å²) < 4.78 is 36.9. The maximum Gasteiger partial charge on any atom is 0.238 e. The van der Waals surface area contributed by atoms with Gasteiger partial charge in [-0.3, -0.25) is 9.69 Å². The van der Waals surface area contributed by atoms with Gasteiger partial charge in [0.15, 0.2) is 0 Å². The summed E-state index contributed by atoms with van der Waals surface area (Å²) in [6, 6.07) is 8.43. The second-order valence-electron chi connectivity index (χ2n) is 5.52. The third kappa shape index (κ3) is 5.15. The van der Waals surface area contributed by atoms with Gasteiger partial charge in [-0.25, -0.2) is 8.78 Å². The molecule has 1 amide bonds. The lowest BCUT2D eigenvalue weighted by molar-refractivity contribution is -0.117. The van der Waals surface area contributed by atoms with Crippen LogP contribution in [0.1, 0.15) is 5.56 Å². The van der Waals surface area contributed by atoms with E-state index in [4.69, 9.17) is 9.47 Å². The first kappa shape index (κ1) is 18.7. The molecule has 2 rings (SSSR count). The van der Waals surface area contributed by atoms with Crippen molar-refractivity contribution in [3.63, 3.8) is 0 Å². The molecule has 0 atom stereocenters. The van der Waals surface area contributed by atoms with Crippen LogP contribution in [0.3, 0.4) is 0 Å². The fraction of sp³-hybridized carbons (Fsp3) is 0.278. The standard InChI is InChI=1S/C18H20F2N2O3/c1-22(10-12-4-5-13(19)8-15(12)20)11-18(23)21-16-9-14(24-2)6-7-17(16)25-3/h4-9H,10-11H2,1-3H3,(H,21,23). The Morgan fingerprint density at radius 2 is 1.88 bits per heavy atom.